The topological polar surface area (TPSA) is 60.5 Å². The molecule has 10 heteroatoms. The van der Waals surface area contributed by atoms with E-state index in [1.165, 1.54) is 30.5 Å². The molecule has 2 rings (SSSR count). The quantitative estimate of drug-likeness (QED) is 0.751. The Bertz CT molecular complexity index is 773. The first-order valence-electron chi connectivity index (χ1n) is 7.22. The summed E-state index contributed by atoms with van der Waals surface area (Å²) in [4.78, 5) is 15.5. The number of aromatic nitrogens is 1. The molecule has 1 aromatic carbocycles. The van der Waals surface area contributed by atoms with Crippen molar-refractivity contribution in [1.29, 1.82) is 0 Å². The first-order chi connectivity index (χ1) is 12.2. The zero-order valence-corrected chi connectivity index (χ0v) is 14.7. The van der Waals surface area contributed by atoms with Crippen molar-refractivity contribution in [2.45, 2.75) is 12.7 Å². The number of hydrogen-bond donors (Lipinski definition) is 1. The van der Waals surface area contributed by atoms with Crippen molar-refractivity contribution in [3.63, 3.8) is 0 Å². The normalized spacial score (nSPS) is 11.1. The van der Waals surface area contributed by atoms with Crippen LogP contribution in [-0.4, -0.2) is 30.3 Å². The Labute approximate surface area is 157 Å². The fraction of sp³-hybridized carbons (Fsp3) is 0.250. The minimum absolute atomic E-state index is 0.0658. The third kappa shape index (κ3) is 6.97. The van der Waals surface area contributed by atoms with E-state index in [1.807, 2.05) is 0 Å². The molecule has 2 aromatic rings. The molecule has 0 saturated carbocycles. The van der Waals surface area contributed by atoms with Crippen LogP contribution in [0.4, 0.5) is 13.2 Å². The molecular formula is C16H13Cl2F3N2O3. The third-order valence-electron chi connectivity index (χ3n) is 2.92. The van der Waals surface area contributed by atoms with Crippen molar-refractivity contribution in [3.8, 4) is 11.6 Å². The lowest BCUT2D eigenvalue weighted by molar-refractivity contribution is -0.154. The number of pyridine rings is 1. The van der Waals surface area contributed by atoms with Crippen LogP contribution in [0.25, 0.3) is 0 Å². The van der Waals surface area contributed by atoms with E-state index >= 15 is 0 Å². The number of carbonyl (C=O) groups excluding carboxylic acids is 1. The predicted octanol–water partition coefficient (Wildman–Crippen LogP) is 4.02. The van der Waals surface area contributed by atoms with Crippen molar-refractivity contribution in [2.24, 2.45) is 0 Å². The molecule has 0 bridgehead atoms. The Kier molecular flexibility index (Phi) is 6.93. The number of nitrogens with one attached hydrogen (secondary N) is 1. The van der Waals surface area contributed by atoms with Crippen molar-refractivity contribution in [3.05, 3.63) is 52.1 Å². The summed E-state index contributed by atoms with van der Waals surface area (Å²) in [6, 6.07) is 7.44. The van der Waals surface area contributed by atoms with Gasteiger partial charge in [-0.15, -0.1) is 0 Å². The average Bonchev–Trinajstić information content (AvgIpc) is 2.59. The third-order valence-corrected chi connectivity index (χ3v) is 3.47. The summed E-state index contributed by atoms with van der Waals surface area (Å²) in [6.07, 6.45) is -3.17. The number of hydrogen-bond acceptors (Lipinski definition) is 4. The number of nitrogens with zero attached hydrogens (tertiary/aromatic N) is 1. The second-order valence-electron chi connectivity index (χ2n) is 5.05. The molecular weight excluding hydrogens is 396 g/mol. The number of halogens is 5. The van der Waals surface area contributed by atoms with Gasteiger partial charge in [-0.05, 0) is 23.8 Å². The van der Waals surface area contributed by atoms with Crippen LogP contribution in [0.2, 0.25) is 10.0 Å². The summed E-state index contributed by atoms with van der Waals surface area (Å²) in [5.41, 5.74) is 0.520. The largest absolute Gasteiger partial charge is 0.482 e. The highest BCUT2D eigenvalue weighted by Crippen LogP contribution is 2.27. The number of carbonyl (C=O) groups is 1. The van der Waals surface area contributed by atoms with Crippen LogP contribution in [0, 0.1) is 0 Å². The van der Waals surface area contributed by atoms with Gasteiger partial charge in [-0.1, -0.05) is 23.2 Å². The average molecular weight is 409 g/mol. The maximum Gasteiger partial charge on any atom is 0.422 e. The highest BCUT2D eigenvalue weighted by atomic mass is 35.5. The van der Waals surface area contributed by atoms with Crippen LogP contribution in [0.3, 0.4) is 0 Å². The molecule has 1 amide bonds. The lowest BCUT2D eigenvalue weighted by Gasteiger charge is -2.11. The second kappa shape index (κ2) is 8.95. The van der Waals surface area contributed by atoms with Gasteiger partial charge in [0.2, 0.25) is 5.88 Å². The van der Waals surface area contributed by atoms with Gasteiger partial charge in [0.05, 0.1) is 5.02 Å². The van der Waals surface area contributed by atoms with E-state index < -0.39 is 18.7 Å². The monoisotopic (exact) mass is 408 g/mol. The van der Waals surface area contributed by atoms with Crippen LogP contribution >= 0.6 is 23.2 Å². The van der Waals surface area contributed by atoms with Crippen LogP contribution in [0.1, 0.15) is 5.56 Å². The molecule has 0 aliphatic carbocycles. The van der Waals surface area contributed by atoms with Gasteiger partial charge < -0.3 is 14.8 Å². The highest BCUT2D eigenvalue weighted by molar-refractivity contribution is 6.34. The molecule has 1 N–H and O–H groups in total. The van der Waals surface area contributed by atoms with Gasteiger partial charge in [-0.3, -0.25) is 4.79 Å². The Balaban J connectivity index is 1.82. The lowest BCUT2D eigenvalue weighted by Crippen LogP contribution is -2.28. The summed E-state index contributed by atoms with van der Waals surface area (Å²) < 4.78 is 46.2. The van der Waals surface area contributed by atoms with Crippen molar-refractivity contribution >= 4 is 29.1 Å². The molecule has 0 spiro atoms. The highest BCUT2D eigenvalue weighted by Gasteiger charge is 2.28. The van der Waals surface area contributed by atoms with Crippen LogP contribution < -0.4 is 14.8 Å². The first kappa shape index (κ1) is 20.1. The number of ether oxygens (including phenoxy) is 2. The summed E-state index contributed by atoms with van der Waals surface area (Å²) in [6.45, 7) is -1.68. The Morgan fingerprint density at radius 3 is 2.65 bits per heavy atom. The zero-order chi connectivity index (χ0) is 19.2. The summed E-state index contributed by atoms with van der Waals surface area (Å²) in [7, 11) is 0. The fourth-order valence-electron chi connectivity index (χ4n) is 1.78. The molecule has 0 aliphatic rings. The summed E-state index contributed by atoms with van der Waals surface area (Å²) in [5.74, 6) is -0.368. The van der Waals surface area contributed by atoms with E-state index in [1.54, 1.807) is 6.07 Å². The number of amides is 1. The van der Waals surface area contributed by atoms with E-state index in [-0.39, 0.29) is 24.8 Å². The van der Waals surface area contributed by atoms with E-state index in [0.717, 1.165) is 0 Å². The SMILES string of the molecule is O=C(COc1cc(Cl)ccc1Cl)NCc1ccnc(OCC(F)(F)F)c1. The van der Waals surface area contributed by atoms with Gasteiger partial charge in [-0.2, -0.15) is 13.2 Å². The molecule has 140 valence electrons. The van der Waals surface area contributed by atoms with Crippen molar-refractivity contribution in [2.75, 3.05) is 13.2 Å². The summed E-state index contributed by atoms with van der Waals surface area (Å²) >= 11 is 11.7. The molecule has 1 heterocycles. The van der Waals surface area contributed by atoms with Gasteiger partial charge in [0.15, 0.2) is 13.2 Å². The summed E-state index contributed by atoms with van der Waals surface area (Å²) in [5, 5.41) is 3.28. The van der Waals surface area contributed by atoms with Crippen LogP contribution in [-0.2, 0) is 11.3 Å². The van der Waals surface area contributed by atoms with E-state index in [9.17, 15) is 18.0 Å². The van der Waals surface area contributed by atoms with Crippen molar-refractivity contribution < 1.29 is 27.4 Å². The Hall–Kier alpha value is -2.19. The smallest absolute Gasteiger partial charge is 0.422 e. The van der Waals surface area contributed by atoms with E-state index in [0.29, 0.717) is 15.6 Å². The standard InChI is InChI=1S/C16H13Cl2F3N2O3/c17-11-1-2-12(18)13(6-11)25-8-14(24)23-7-10-3-4-22-15(5-10)26-9-16(19,20)21/h1-6H,7-9H2,(H,23,24). The van der Waals surface area contributed by atoms with Gasteiger partial charge >= 0.3 is 6.18 Å². The molecule has 0 atom stereocenters. The minimum Gasteiger partial charge on any atom is -0.482 e. The molecule has 26 heavy (non-hydrogen) atoms. The first-order valence-corrected chi connectivity index (χ1v) is 7.97. The second-order valence-corrected chi connectivity index (χ2v) is 5.89. The molecule has 0 unspecified atom stereocenters. The Morgan fingerprint density at radius 2 is 1.92 bits per heavy atom. The molecule has 1 aromatic heterocycles. The van der Waals surface area contributed by atoms with Gasteiger partial charge in [-0.25, -0.2) is 4.98 Å². The zero-order valence-electron chi connectivity index (χ0n) is 13.1. The lowest BCUT2D eigenvalue weighted by atomic mass is 10.2. The van der Waals surface area contributed by atoms with Gasteiger partial charge in [0.1, 0.15) is 5.75 Å². The molecule has 0 saturated heterocycles. The van der Waals surface area contributed by atoms with Crippen LogP contribution in [0.15, 0.2) is 36.5 Å². The van der Waals surface area contributed by atoms with E-state index in [4.69, 9.17) is 27.9 Å². The molecule has 0 aliphatic heterocycles. The molecule has 0 radical (unpaired) electrons. The molecule has 0 fully saturated rings. The fourth-order valence-corrected chi connectivity index (χ4v) is 2.11. The van der Waals surface area contributed by atoms with E-state index in [2.05, 4.69) is 15.0 Å². The molecule has 5 nitrogen and oxygen atoms in total. The number of rotatable bonds is 7. The van der Waals surface area contributed by atoms with Gasteiger partial charge in [0.25, 0.3) is 5.91 Å². The van der Waals surface area contributed by atoms with Crippen LogP contribution in [0.5, 0.6) is 11.6 Å². The van der Waals surface area contributed by atoms with Gasteiger partial charge in [0, 0.05) is 29.9 Å². The predicted molar refractivity (Wildman–Crippen MR) is 89.6 cm³/mol. The number of benzene rings is 1. The minimum atomic E-state index is -4.45. The number of alkyl halides is 3. The maximum atomic E-state index is 12.1. The Morgan fingerprint density at radius 1 is 1.15 bits per heavy atom. The maximum absolute atomic E-state index is 12.1. The van der Waals surface area contributed by atoms with Crippen molar-refractivity contribution in [1.82, 2.24) is 10.3 Å².